The molecule has 1 unspecified atom stereocenters. The molecule has 12 heavy (non-hydrogen) atoms. The van der Waals surface area contributed by atoms with E-state index in [0.29, 0.717) is 6.42 Å². The summed E-state index contributed by atoms with van der Waals surface area (Å²) in [6.45, 7) is 3.30. The second-order valence-corrected chi connectivity index (χ2v) is 4.48. The van der Waals surface area contributed by atoms with Gasteiger partial charge < -0.3 is 5.73 Å². The van der Waals surface area contributed by atoms with Crippen molar-refractivity contribution in [1.29, 1.82) is 5.41 Å². The Hall–Kier alpha value is -0.620. The zero-order valence-electron chi connectivity index (χ0n) is 7.29. The lowest BCUT2D eigenvalue weighted by molar-refractivity contribution is 0.572. The smallest absolute Gasteiger partial charge is 0.211 e. The molecule has 0 saturated heterocycles. The minimum absolute atomic E-state index is 0.0107. The molecule has 72 valence electrons. The van der Waals surface area contributed by atoms with Crippen LogP contribution in [0.15, 0.2) is 0 Å². The Labute approximate surface area is 72.9 Å². The normalized spacial score (nSPS) is 14.2. The molecule has 0 rings (SSSR count). The van der Waals surface area contributed by atoms with Crippen LogP contribution in [-0.4, -0.2) is 26.0 Å². The lowest BCUT2D eigenvalue weighted by Crippen LogP contribution is -2.44. The van der Waals surface area contributed by atoms with Crippen molar-refractivity contribution in [2.24, 2.45) is 5.73 Å². The van der Waals surface area contributed by atoms with Crippen LogP contribution in [-0.2, 0) is 10.0 Å². The highest BCUT2D eigenvalue weighted by Gasteiger charge is 2.16. The summed E-state index contributed by atoms with van der Waals surface area (Å²) in [4.78, 5) is 0. The Morgan fingerprint density at radius 2 is 2.08 bits per heavy atom. The van der Waals surface area contributed by atoms with E-state index in [9.17, 15) is 8.42 Å². The second-order valence-electron chi connectivity index (χ2n) is 2.44. The summed E-state index contributed by atoms with van der Waals surface area (Å²) in [5.41, 5.74) is 5.17. The topological polar surface area (TPSA) is 96.0 Å². The van der Waals surface area contributed by atoms with E-state index in [1.165, 1.54) is 6.92 Å². The lowest BCUT2D eigenvalue weighted by atomic mass is 10.2. The Bertz CT molecular complexity index is 248. The first-order valence-corrected chi connectivity index (χ1v) is 5.42. The largest absolute Gasteiger partial charge is 0.386 e. The first kappa shape index (κ1) is 11.4. The van der Waals surface area contributed by atoms with Crippen molar-refractivity contribution in [3.05, 3.63) is 0 Å². The number of nitrogens with two attached hydrogens (primary N) is 1. The summed E-state index contributed by atoms with van der Waals surface area (Å²) in [6, 6.07) is -0.560. The predicted molar refractivity (Wildman–Crippen MR) is 48.6 cm³/mol. The van der Waals surface area contributed by atoms with Crippen LogP contribution < -0.4 is 10.5 Å². The van der Waals surface area contributed by atoms with E-state index in [-0.39, 0.29) is 11.6 Å². The molecule has 6 heteroatoms. The van der Waals surface area contributed by atoms with E-state index in [2.05, 4.69) is 4.72 Å². The molecule has 0 bridgehead atoms. The third-order valence-electron chi connectivity index (χ3n) is 1.49. The van der Waals surface area contributed by atoms with E-state index in [1.54, 1.807) is 6.92 Å². The average molecular weight is 193 g/mol. The molecule has 0 aliphatic rings. The molecule has 0 aromatic rings. The molecule has 1 atom stereocenters. The molecule has 0 radical (unpaired) electrons. The van der Waals surface area contributed by atoms with E-state index >= 15 is 0 Å². The van der Waals surface area contributed by atoms with Gasteiger partial charge in [0.1, 0.15) is 5.84 Å². The highest BCUT2D eigenvalue weighted by Crippen LogP contribution is 1.93. The lowest BCUT2D eigenvalue weighted by Gasteiger charge is -2.14. The third kappa shape index (κ3) is 3.68. The molecule has 0 heterocycles. The zero-order chi connectivity index (χ0) is 9.78. The fourth-order valence-electron chi connectivity index (χ4n) is 0.667. The summed E-state index contributed by atoms with van der Waals surface area (Å²) in [5, 5.41) is 7.06. The summed E-state index contributed by atoms with van der Waals surface area (Å²) in [7, 11) is -3.25. The zero-order valence-corrected chi connectivity index (χ0v) is 8.11. The maximum absolute atomic E-state index is 11.0. The highest BCUT2D eigenvalue weighted by molar-refractivity contribution is 7.89. The van der Waals surface area contributed by atoms with E-state index in [0.717, 1.165) is 0 Å². The average Bonchev–Trinajstić information content (AvgIpc) is 2.00. The SMILES string of the molecule is CCC(NS(=O)(=O)CC)C(=N)N. The van der Waals surface area contributed by atoms with E-state index in [1.807, 2.05) is 0 Å². The van der Waals surface area contributed by atoms with Gasteiger partial charge in [0, 0.05) is 0 Å². The molecular formula is C6H15N3O2S. The van der Waals surface area contributed by atoms with Crippen molar-refractivity contribution >= 4 is 15.9 Å². The van der Waals surface area contributed by atoms with Crippen LogP contribution in [0.25, 0.3) is 0 Å². The summed E-state index contributed by atoms with van der Waals surface area (Å²) in [5.74, 6) is -0.133. The van der Waals surface area contributed by atoms with Gasteiger partial charge >= 0.3 is 0 Å². The molecular weight excluding hydrogens is 178 g/mol. The van der Waals surface area contributed by atoms with Gasteiger partial charge in [-0.2, -0.15) is 0 Å². The van der Waals surface area contributed by atoms with Crippen molar-refractivity contribution in [2.75, 3.05) is 5.75 Å². The van der Waals surface area contributed by atoms with Crippen LogP contribution in [0.4, 0.5) is 0 Å². The number of nitrogens with one attached hydrogen (secondary N) is 2. The van der Waals surface area contributed by atoms with Crippen LogP contribution >= 0.6 is 0 Å². The molecule has 0 aliphatic heterocycles. The van der Waals surface area contributed by atoms with E-state index < -0.39 is 16.1 Å². The van der Waals surface area contributed by atoms with Gasteiger partial charge in [0.05, 0.1) is 11.8 Å². The van der Waals surface area contributed by atoms with Gasteiger partial charge in [-0.25, -0.2) is 13.1 Å². The Balaban J connectivity index is 4.32. The first-order chi connectivity index (χ1) is 5.43. The van der Waals surface area contributed by atoms with Gasteiger partial charge in [-0.1, -0.05) is 6.92 Å². The van der Waals surface area contributed by atoms with E-state index in [4.69, 9.17) is 11.1 Å². The fraction of sp³-hybridized carbons (Fsp3) is 0.833. The standard InChI is InChI=1S/C6H15N3O2S/c1-3-5(6(7)8)9-12(10,11)4-2/h5,9H,3-4H2,1-2H3,(H3,7,8). The van der Waals surface area contributed by atoms with Gasteiger partial charge in [0.25, 0.3) is 0 Å². The number of sulfonamides is 1. The molecule has 0 aromatic carbocycles. The molecule has 5 nitrogen and oxygen atoms in total. The molecule has 0 aromatic heterocycles. The summed E-state index contributed by atoms with van der Waals surface area (Å²) >= 11 is 0. The predicted octanol–water partition coefficient (Wildman–Crippen LogP) is -0.360. The Morgan fingerprint density at radius 1 is 1.58 bits per heavy atom. The number of rotatable bonds is 5. The van der Waals surface area contributed by atoms with Gasteiger partial charge in [-0.3, -0.25) is 5.41 Å². The van der Waals surface area contributed by atoms with Gasteiger partial charge in [-0.05, 0) is 13.3 Å². The molecule has 0 amide bonds. The van der Waals surface area contributed by atoms with Crippen LogP contribution in [0, 0.1) is 5.41 Å². The third-order valence-corrected chi connectivity index (χ3v) is 2.89. The molecule has 4 N–H and O–H groups in total. The maximum Gasteiger partial charge on any atom is 0.211 e. The van der Waals surface area contributed by atoms with Crippen LogP contribution in [0.3, 0.4) is 0 Å². The quantitative estimate of drug-likeness (QED) is 0.411. The van der Waals surface area contributed by atoms with Gasteiger partial charge in [0.15, 0.2) is 0 Å². The van der Waals surface area contributed by atoms with Crippen LogP contribution in [0.5, 0.6) is 0 Å². The Kier molecular flexibility index (Phi) is 4.19. The van der Waals surface area contributed by atoms with Crippen molar-refractivity contribution < 1.29 is 8.42 Å². The number of amidine groups is 1. The second kappa shape index (κ2) is 4.42. The first-order valence-electron chi connectivity index (χ1n) is 3.76. The van der Waals surface area contributed by atoms with Crippen molar-refractivity contribution in [3.63, 3.8) is 0 Å². The van der Waals surface area contributed by atoms with Crippen molar-refractivity contribution in [3.8, 4) is 0 Å². The van der Waals surface area contributed by atoms with Crippen LogP contribution in [0.2, 0.25) is 0 Å². The molecule has 0 saturated carbocycles. The monoisotopic (exact) mass is 193 g/mol. The number of hydrogen-bond acceptors (Lipinski definition) is 3. The minimum atomic E-state index is -3.25. The molecule has 0 fully saturated rings. The van der Waals surface area contributed by atoms with Gasteiger partial charge in [-0.15, -0.1) is 0 Å². The van der Waals surface area contributed by atoms with Crippen molar-refractivity contribution in [1.82, 2.24) is 4.72 Å². The summed E-state index contributed by atoms with van der Waals surface area (Å²) in [6.07, 6.45) is 0.495. The highest BCUT2D eigenvalue weighted by atomic mass is 32.2. The van der Waals surface area contributed by atoms with Gasteiger partial charge in [0.2, 0.25) is 10.0 Å². The summed E-state index contributed by atoms with van der Waals surface area (Å²) < 4.78 is 24.3. The Morgan fingerprint density at radius 3 is 2.33 bits per heavy atom. The minimum Gasteiger partial charge on any atom is -0.386 e. The fourth-order valence-corrected chi connectivity index (χ4v) is 1.56. The van der Waals surface area contributed by atoms with Crippen molar-refractivity contribution in [2.45, 2.75) is 26.3 Å². The molecule has 0 aliphatic carbocycles. The molecule has 0 spiro atoms. The number of hydrogen-bond donors (Lipinski definition) is 3. The van der Waals surface area contributed by atoms with Crippen LogP contribution in [0.1, 0.15) is 20.3 Å². The maximum atomic E-state index is 11.0.